The zero-order valence-electron chi connectivity index (χ0n) is 8.71. The molecule has 2 atom stereocenters. The monoisotopic (exact) mass is 185 g/mol. The molecule has 0 aromatic heterocycles. The van der Waals surface area contributed by atoms with Crippen molar-refractivity contribution in [3.05, 3.63) is 0 Å². The van der Waals surface area contributed by atoms with Gasteiger partial charge in [-0.2, -0.15) is 0 Å². The molecule has 3 N–H and O–H groups in total. The molecule has 1 aliphatic carbocycles. The van der Waals surface area contributed by atoms with Gasteiger partial charge in [0, 0.05) is 12.6 Å². The maximum absolute atomic E-state index is 9.15. The summed E-state index contributed by atoms with van der Waals surface area (Å²) in [6.07, 6.45) is 7.60. The average Bonchev–Trinajstić information content (AvgIpc) is 2.21. The molecule has 2 nitrogen and oxygen atoms in total. The van der Waals surface area contributed by atoms with Crippen molar-refractivity contribution in [2.45, 2.75) is 51.5 Å². The Labute approximate surface area is 81.5 Å². The molecule has 0 spiro atoms. The molecule has 2 heteroatoms. The predicted molar refractivity (Wildman–Crippen MR) is 55.4 cm³/mol. The third-order valence-corrected chi connectivity index (χ3v) is 3.50. The number of aliphatic hydroxyl groups is 1. The molecule has 0 saturated heterocycles. The van der Waals surface area contributed by atoms with Crippen LogP contribution in [0, 0.1) is 11.8 Å². The highest BCUT2D eigenvalue weighted by molar-refractivity contribution is 4.81. The van der Waals surface area contributed by atoms with Crippen molar-refractivity contribution in [1.29, 1.82) is 0 Å². The van der Waals surface area contributed by atoms with Crippen LogP contribution in [0.1, 0.15) is 45.4 Å². The van der Waals surface area contributed by atoms with E-state index in [9.17, 15) is 0 Å². The molecule has 0 aromatic rings. The minimum atomic E-state index is 0.232. The van der Waals surface area contributed by atoms with Gasteiger partial charge in [-0.1, -0.05) is 26.2 Å². The lowest BCUT2D eigenvalue weighted by molar-refractivity contribution is 0.157. The SMILES string of the molecule is CCC(CO)C(N)C1CCCCC1. The molecule has 78 valence electrons. The van der Waals surface area contributed by atoms with Crippen LogP contribution >= 0.6 is 0 Å². The van der Waals surface area contributed by atoms with E-state index in [1.165, 1.54) is 32.1 Å². The van der Waals surface area contributed by atoms with Crippen LogP contribution in [0.15, 0.2) is 0 Å². The van der Waals surface area contributed by atoms with E-state index in [1.54, 1.807) is 0 Å². The van der Waals surface area contributed by atoms with Crippen LogP contribution in [0.5, 0.6) is 0 Å². The third-order valence-electron chi connectivity index (χ3n) is 3.50. The van der Waals surface area contributed by atoms with Gasteiger partial charge < -0.3 is 10.8 Å². The Kier molecular flexibility index (Phi) is 4.74. The average molecular weight is 185 g/mol. The van der Waals surface area contributed by atoms with E-state index < -0.39 is 0 Å². The van der Waals surface area contributed by atoms with Gasteiger partial charge in [-0.25, -0.2) is 0 Å². The Morgan fingerprint density at radius 2 is 1.92 bits per heavy atom. The van der Waals surface area contributed by atoms with Gasteiger partial charge in [0.15, 0.2) is 0 Å². The van der Waals surface area contributed by atoms with E-state index in [-0.39, 0.29) is 12.6 Å². The van der Waals surface area contributed by atoms with Gasteiger partial charge in [0.2, 0.25) is 0 Å². The molecule has 1 rings (SSSR count). The van der Waals surface area contributed by atoms with E-state index >= 15 is 0 Å². The van der Waals surface area contributed by atoms with Crippen LogP contribution < -0.4 is 5.73 Å². The molecule has 0 amide bonds. The Bertz CT molecular complexity index is 128. The fourth-order valence-electron chi connectivity index (χ4n) is 2.43. The van der Waals surface area contributed by atoms with Gasteiger partial charge in [0.25, 0.3) is 0 Å². The van der Waals surface area contributed by atoms with Crippen molar-refractivity contribution in [3.63, 3.8) is 0 Å². The minimum Gasteiger partial charge on any atom is -0.396 e. The smallest absolute Gasteiger partial charge is 0.0474 e. The maximum Gasteiger partial charge on any atom is 0.0474 e. The van der Waals surface area contributed by atoms with Crippen molar-refractivity contribution in [2.24, 2.45) is 17.6 Å². The summed E-state index contributed by atoms with van der Waals surface area (Å²) >= 11 is 0. The number of hydrogen-bond donors (Lipinski definition) is 2. The summed E-state index contributed by atoms with van der Waals surface area (Å²) in [5, 5.41) is 9.15. The molecule has 0 aromatic carbocycles. The van der Waals surface area contributed by atoms with E-state index in [4.69, 9.17) is 10.8 Å². The van der Waals surface area contributed by atoms with Gasteiger partial charge in [-0.3, -0.25) is 0 Å². The summed E-state index contributed by atoms with van der Waals surface area (Å²) in [4.78, 5) is 0. The molecule has 0 heterocycles. The summed E-state index contributed by atoms with van der Waals surface area (Å²) in [6.45, 7) is 2.37. The zero-order valence-corrected chi connectivity index (χ0v) is 8.71. The van der Waals surface area contributed by atoms with Crippen molar-refractivity contribution < 1.29 is 5.11 Å². The summed E-state index contributed by atoms with van der Waals surface area (Å²) in [5.41, 5.74) is 6.15. The van der Waals surface area contributed by atoms with E-state index in [2.05, 4.69) is 6.92 Å². The third kappa shape index (κ3) is 2.96. The summed E-state index contributed by atoms with van der Waals surface area (Å²) in [6, 6.07) is 0.232. The second kappa shape index (κ2) is 5.61. The van der Waals surface area contributed by atoms with Crippen molar-refractivity contribution in [1.82, 2.24) is 0 Å². The highest BCUT2D eigenvalue weighted by Gasteiger charge is 2.25. The number of hydrogen-bond acceptors (Lipinski definition) is 2. The summed E-state index contributed by atoms with van der Waals surface area (Å²) in [5.74, 6) is 0.994. The lowest BCUT2D eigenvalue weighted by Gasteiger charge is -2.31. The highest BCUT2D eigenvalue weighted by Crippen LogP contribution is 2.29. The number of aliphatic hydroxyl groups excluding tert-OH is 1. The van der Waals surface area contributed by atoms with Crippen LogP contribution in [0.25, 0.3) is 0 Å². The van der Waals surface area contributed by atoms with E-state index in [0.29, 0.717) is 11.8 Å². The molecule has 1 saturated carbocycles. The number of nitrogens with two attached hydrogens (primary N) is 1. The molecule has 0 bridgehead atoms. The Morgan fingerprint density at radius 1 is 1.31 bits per heavy atom. The van der Waals surface area contributed by atoms with E-state index in [1.807, 2.05) is 0 Å². The van der Waals surface area contributed by atoms with Gasteiger partial charge in [0.1, 0.15) is 0 Å². The first-order valence-electron chi connectivity index (χ1n) is 5.66. The molecule has 0 radical (unpaired) electrons. The van der Waals surface area contributed by atoms with Crippen molar-refractivity contribution in [3.8, 4) is 0 Å². The molecular formula is C11H23NO. The first kappa shape index (κ1) is 11.0. The van der Waals surface area contributed by atoms with Crippen LogP contribution in [-0.4, -0.2) is 17.8 Å². The number of rotatable bonds is 4. The fourth-order valence-corrected chi connectivity index (χ4v) is 2.43. The summed E-state index contributed by atoms with van der Waals surface area (Å²) in [7, 11) is 0. The van der Waals surface area contributed by atoms with Crippen LogP contribution in [0.2, 0.25) is 0 Å². The molecule has 0 aliphatic heterocycles. The first-order chi connectivity index (χ1) is 6.29. The van der Waals surface area contributed by atoms with Crippen LogP contribution in [0.4, 0.5) is 0 Å². The van der Waals surface area contributed by atoms with Crippen molar-refractivity contribution in [2.75, 3.05) is 6.61 Å². The van der Waals surface area contributed by atoms with Crippen LogP contribution in [-0.2, 0) is 0 Å². The van der Waals surface area contributed by atoms with Crippen LogP contribution in [0.3, 0.4) is 0 Å². The lowest BCUT2D eigenvalue weighted by atomic mass is 9.78. The standard InChI is InChI=1S/C11H23NO/c1-2-9(8-13)11(12)10-6-4-3-5-7-10/h9-11,13H,2-8,12H2,1H3. The largest absolute Gasteiger partial charge is 0.396 e. The topological polar surface area (TPSA) is 46.2 Å². The van der Waals surface area contributed by atoms with Gasteiger partial charge in [-0.15, -0.1) is 0 Å². The highest BCUT2D eigenvalue weighted by atomic mass is 16.3. The summed E-state index contributed by atoms with van der Waals surface area (Å²) < 4.78 is 0. The second-order valence-electron chi connectivity index (χ2n) is 4.33. The minimum absolute atomic E-state index is 0.232. The Balaban J connectivity index is 2.38. The molecule has 2 unspecified atom stereocenters. The molecular weight excluding hydrogens is 162 g/mol. The lowest BCUT2D eigenvalue weighted by Crippen LogP contribution is -2.40. The fraction of sp³-hybridized carbons (Fsp3) is 1.00. The zero-order chi connectivity index (χ0) is 9.68. The van der Waals surface area contributed by atoms with Gasteiger partial charge >= 0.3 is 0 Å². The Hall–Kier alpha value is -0.0800. The van der Waals surface area contributed by atoms with Gasteiger partial charge in [0.05, 0.1) is 0 Å². The predicted octanol–water partition coefficient (Wildman–Crippen LogP) is 1.91. The first-order valence-corrected chi connectivity index (χ1v) is 5.66. The van der Waals surface area contributed by atoms with E-state index in [0.717, 1.165) is 6.42 Å². The second-order valence-corrected chi connectivity index (χ2v) is 4.33. The molecule has 13 heavy (non-hydrogen) atoms. The normalized spacial score (nSPS) is 24.2. The van der Waals surface area contributed by atoms with Gasteiger partial charge in [-0.05, 0) is 31.1 Å². The molecule has 1 aliphatic rings. The van der Waals surface area contributed by atoms with Crippen molar-refractivity contribution >= 4 is 0 Å². The quantitative estimate of drug-likeness (QED) is 0.703. The maximum atomic E-state index is 9.15. The molecule has 1 fully saturated rings. The Morgan fingerprint density at radius 3 is 2.38 bits per heavy atom.